The number of likely N-dealkylation sites (tertiary alicyclic amines) is 2. The van der Waals surface area contributed by atoms with Crippen molar-refractivity contribution in [3.05, 3.63) is 41.6 Å². The van der Waals surface area contributed by atoms with Crippen LogP contribution in [0.3, 0.4) is 0 Å². The number of nitrogens with two attached hydrogens (primary N) is 1. The van der Waals surface area contributed by atoms with Crippen LogP contribution < -0.4 is 15.8 Å². The molecule has 0 saturated carbocycles. The standard InChI is InChI=1S/C21H26ClN5O2/c22-18-13-16(3-4-19(18)23)29-17-5-8-24-20(14-17)25-21(28)27-11-6-15(7-12-27)26-9-1-2-10-26/h3-5,8,13-15H,1-2,6-7,9-12,23H2,(H,24,25,28). The number of hydrogen-bond acceptors (Lipinski definition) is 5. The molecular weight excluding hydrogens is 390 g/mol. The highest BCUT2D eigenvalue weighted by Crippen LogP contribution is 2.29. The van der Waals surface area contributed by atoms with Crippen molar-refractivity contribution in [3.8, 4) is 11.5 Å². The summed E-state index contributed by atoms with van der Waals surface area (Å²) in [5.41, 5.74) is 6.22. The van der Waals surface area contributed by atoms with E-state index < -0.39 is 0 Å². The first kappa shape index (κ1) is 19.8. The molecule has 2 aromatic rings. The molecule has 0 radical (unpaired) electrons. The van der Waals surface area contributed by atoms with Gasteiger partial charge in [-0.3, -0.25) is 5.32 Å². The second kappa shape index (κ2) is 8.88. The number of ether oxygens (including phenoxy) is 1. The average Bonchev–Trinajstić information content (AvgIpc) is 3.26. The van der Waals surface area contributed by atoms with Gasteiger partial charge >= 0.3 is 6.03 Å². The molecule has 8 heteroatoms. The van der Waals surface area contributed by atoms with E-state index in [1.54, 1.807) is 36.5 Å². The van der Waals surface area contributed by atoms with Gasteiger partial charge in [0, 0.05) is 37.5 Å². The Hall–Kier alpha value is -2.51. The molecule has 2 aliphatic heterocycles. The topological polar surface area (TPSA) is 83.7 Å². The molecule has 0 spiro atoms. The van der Waals surface area contributed by atoms with Gasteiger partial charge < -0.3 is 20.3 Å². The molecule has 0 bridgehead atoms. The monoisotopic (exact) mass is 415 g/mol. The molecule has 1 aromatic heterocycles. The van der Waals surface area contributed by atoms with Gasteiger partial charge in [0.15, 0.2) is 0 Å². The maximum absolute atomic E-state index is 12.6. The van der Waals surface area contributed by atoms with Crippen LogP contribution in [0.5, 0.6) is 11.5 Å². The Kier molecular flexibility index (Phi) is 6.06. The number of urea groups is 1. The summed E-state index contributed by atoms with van der Waals surface area (Å²) in [7, 11) is 0. The van der Waals surface area contributed by atoms with Gasteiger partial charge in [-0.25, -0.2) is 9.78 Å². The minimum absolute atomic E-state index is 0.120. The fourth-order valence-corrected chi connectivity index (χ4v) is 4.15. The second-order valence-corrected chi connectivity index (χ2v) is 7.96. The quantitative estimate of drug-likeness (QED) is 0.731. The van der Waals surface area contributed by atoms with E-state index in [-0.39, 0.29) is 6.03 Å². The van der Waals surface area contributed by atoms with Crippen molar-refractivity contribution in [1.82, 2.24) is 14.8 Å². The Morgan fingerprint density at radius 1 is 1.10 bits per heavy atom. The number of halogens is 1. The fraction of sp³-hybridized carbons (Fsp3) is 0.429. The zero-order valence-electron chi connectivity index (χ0n) is 16.3. The van der Waals surface area contributed by atoms with Crippen LogP contribution in [0, 0.1) is 0 Å². The van der Waals surface area contributed by atoms with Crippen LogP contribution in [0.2, 0.25) is 5.02 Å². The number of nitrogen functional groups attached to an aromatic ring is 1. The molecule has 0 unspecified atom stereocenters. The molecule has 1 aromatic carbocycles. The van der Waals surface area contributed by atoms with Crippen LogP contribution in [0.15, 0.2) is 36.5 Å². The lowest BCUT2D eigenvalue weighted by Crippen LogP contribution is -2.47. The van der Waals surface area contributed by atoms with Crippen LogP contribution in [0.4, 0.5) is 16.3 Å². The highest BCUT2D eigenvalue weighted by molar-refractivity contribution is 6.33. The predicted molar refractivity (Wildman–Crippen MR) is 115 cm³/mol. The number of carbonyl (C=O) groups is 1. The summed E-state index contributed by atoms with van der Waals surface area (Å²) < 4.78 is 5.80. The third-order valence-corrected chi connectivity index (χ3v) is 5.91. The minimum Gasteiger partial charge on any atom is -0.457 e. The summed E-state index contributed by atoms with van der Waals surface area (Å²) in [5, 5.41) is 3.31. The molecule has 7 nitrogen and oxygen atoms in total. The Balaban J connectivity index is 1.33. The summed E-state index contributed by atoms with van der Waals surface area (Å²) in [6.07, 6.45) is 6.26. The van der Waals surface area contributed by atoms with E-state index >= 15 is 0 Å². The smallest absolute Gasteiger partial charge is 0.323 e. The highest BCUT2D eigenvalue weighted by atomic mass is 35.5. The first-order chi connectivity index (χ1) is 14.1. The van der Waals surface area contributed by atoms with Crippen LogP contribution in [-0.2, 0) is 0 Å². The Morgan fingerprint density at radius 3 is 2.55 bits per heavy atom. The van der Waals surface area contributed by atoms with Crippen molar-refractivity contribution in [1.29, 1.82) is 0 Å². The third-order valence-electron chi connectivity index (χ3n) is 5.58. The molecule has 154 valence electrons. The van der Waals surface area contributed by atoms with E-state index in [4.69, 9.17) is 22.1 Å². The molecule has 3 heterocycles. The normalized spacial score (nSPS) is 18.0. The fourth-order valence-electron chi connectivity index (χ4n) is 3.98. The van der Waals surface area contributed by atoms with Gasteiger partial charge in [0.1, 0.15) is 17.3 Å². The number of benzene rings is 1. The summed E-state index contributed by atoms with van der Waals surface area (Å²) in [6.45, 7) is 3.94. The van der Waals surface area contributed by atoms with E-state index in [9.17, 15) is 4.79 Å². The summed E-state index contributed by atoms with van der Waals surface area (Å²) in [4.78, 5) is 21.3. The largest absolute Gasteiger partial charge is 0.457 e. The van der Waals surface area contributed by atoms with Crippen LogP contribution in [0.25, 0.3) is 0 Å². The van der Waals surface area contributed by atoms with Crippen LogP contribution in [-0.4, -0.2) is 53.0 Å². The predicted octanol–water partition coefficient (Wildman–Crippen LogP) is 4.20. The van der Waals surface area contributed by atoms with Crippen LogP contribution >= 0.6 is 11.6 Å². The van der Waals surface area contributed by atoms with E-state index in [0.717, 1.165) is 25.9 Å². The maximum Gasteiger partial charge on any atom is 0.323 e. The van der Waals surface area contributed by atoms with Crippen molar-refractivity contribution in [3.63, 3.8) is 0 Å². The van der Waals surface area contributed by atoms with Gasteiger partial charge in [0.2, 0.25) is 0 Å². The number of carbonyl (C=O) groups excluding carboxylic acids is 1. The van der Waals surface area contributed by atoms with Gasteiger partial charge in [-0.2, -0.15) is 0 Å². The number of rotatable bonds is 4. The molecule has 2 aliphatic rings. The number of piperidine rings is 1. The number of aromatic nitrogens is 1. The minimum atomic E-state index is -0.120. The van der Waals surface area contributed by atoms with Crippen molar-refractivity contribution < 1.29 is 9.53 Å². The zero-order valence-corrected chi connectivity index (χ0v) is 17.1. The van der Waals surface area contributed by atoms with E-state index in [2.05, 4.69) is 15.2 Å². The summed E-state index contributed by atoms with van der Waals surface area (Å²) in [5.74, 6) is 1.58. The lowest BCUT2D eigenvalue weighted by atomic mass is 10.0. The van der Waals surface area contributed by atoms with Gasteiger partial charge in [-0.15, -0.1) is 0 Å². The van der Waals surface area contributed by atoms with E-state index in [1.807, 2.05) is 4.90 Å². The van der Waals surface area contributed by atoms with Crippen molar-refractivity contribution in [2.75, 3.05) is 37.2 Å². The SMILES string of the molecule is Nc1ccc(Oc2ccnc(NC(=O)N3CCC(N4CCCC4)CC3)c2)cc1Cl. The molecule has 2 fully saturated rings. The van der Waals surface area contributed by atoms with Gasteiger partial charge in [0.05, 0.1) is 10.7 Å². The summed E-state index contributed by atoms with van der Waals surface area (Å²) >= 11 is 6.04. The first-order valence-electron chi connectivity index (χ1n) is 10.1. The molecule has 29 heavy (non-hydrogen) atoms. The molecule has 0 aliphatic carbocycles. The van der Waals surface area contributed by atoms with Crippen molar-refractivity contribution in [2.45, 2.75) is 31.7 Å². The molecule has 0 atom stereocenters. The molecule has 2 amide bonds. The van der Waals surface area contributed by atoms with Gasteiger partial charge in [-0.1, -0.05) is 11.6 Å². The number of hydrogen-bond donors (Lipinski definition) is 2. The molecule has 2 saturated heterocycles. The Morgan fingerprint density at radius 2 is 1.83 bits per heavy atom. The number of nitrogens with zero attached hydrogens (tertiary/aromatic N) is 3. The van der Waals surface area contributed by atoms with Gasteiger partial charge in [0.25, 0.3) is 0 Å². The van der Waals surface area contributed by atoms with E-state index in [1.165, 1.54) is 25.9 Å². The van der Waals surface area contributed by atoms with Gasteiger partial charge in [-0.05, 0) is 57.0 Å². The third kappa shape index (κ3) is 4.92. The Labute approximate surface area is 175 Å². The maximum atomic E-state index is 12.6. The number of anilines is 2. The highest BCUT2D eigenvalue weighted by Gasteiger charge is 2.28. The molecule has 4 rings (SSSR count). The number of amides is 2. The first-order valence-corrected chi connectivity index (χ1v) is 10.5. The zero-order chi connectivity index (χ0) is 20.2. The molecule has 3 N–H and O–H groups in total. The average molecular weight is 416 g/mol. The second-order valence-electron chi connectivity index (χ2n) is 7.55. The van der Waals surface area contributed by atoms with Crippen molar-refractivity contribution >= 4 is 29.1 Å². The summed E-state index contributed by atoms with van der Waals surface area (Å²) in [6, 6.07) is 8.99. The van der Waals surface area contributed by atoms with Crippen molar-refractivity contribution in [2.24, 2.45) is 0 Å². The molecular formula is C21H26ClN5O2. The van der Waals surface area contributed by atoms with E-state index in [0.29, 0.717) is 34.1 Å². The Bertz CT molecular complexity index is 864. The van der Waals surface area contributed by atoms with Crippen LogP contribution in [0.1, 0.15) is 25.7 Å². The number of nitrogens with one attached hydrogen (secondary N) is 1. The lowest BCUT2D eigenvalue weighted by molar-refractivity contribution is 0.140. The number of pyridine rings is 1. The lowest BCUT2D eigenvalue weighted by Gasteiger charge is -2.36.